The third kappa shape index (κ3) is 3.23. The molecule has 0 saturated heterocycles. The van der Waals surface area contributed by atoms with Crippen molar-refractivity contribution < 1.29 is 13.6 Å². The fraction of sp³-hybridized carbons (Fsp3) is 0.500. The zero-order valence-electron chi connectivity index (χ0n) is 11.0. The highest BCUT2D eigenvalue weighted by Crippen LogP contribution is 2.33. The highest BCUT2D eigenvalue weighted by atomic mass is 32.1. The second-order valence-corrected chi connectivity index (χ2v) is 5.83. The van der Waals surface area contributed by atoms with E-state index >= 15 is 0 Å². The third-order valence-corrected chi connectivity index (χ3v) is 4.26. The maximum absolute atomic E-state index is 13.1. The molecule has 1 amide bonds. The van der Waals surface area contributed by atoms with Crippen molar-refractivity contribution >= 4 is 17.2 Å². The number of aromatic nitrogens is 4. The van der Waals surface area contributed by atoms with E-state index in [9.17, 15) is 13.6 Å². The Morgan fingerprint density at radius 1 is 1.43 bits per heavy atom. The van der Waals surface area contributed by atoms with Crippen LogP contribution in [0.1, 0.15) is 36.2 Å². The van der Waals surface area contributed by atoms with E-state index in [0.29, 0.717) is 10.8 Å². The van der Waals surface area contributed by atoms with E-state index in [1.165, 1.54) is 17.7 Å². The zero-order chi connectivity index (χ0) is 14.9. The molecule has 0 unspecified atom stereocenters. The van der Waals surface area contributed by atoms with Gasteiger partial charge in [-0.05, 0) is 12.8 Å². The molecule has 0 bridgehead atoms. The normalized spacial score (nSPS) is 18.6. The van der Waals surface area contributed by atoms with Gasteiger partial charge in [0.2, 0.25) is 5.92 Å². The maximum Gasteiger partial charge on any atom is 0.270 e. The van der Waals surface area contributed by atoms with Crippen LogP contribution in [0.5, 0.6) is 0 Å². The first kappa shape index (κ1) is 14.1. The molecule has 0 atom stereocenters. The number of hydrogen-bond acceptors (Lipinski definition) is 5. The molecule has 0 aromatic carbocycles. The number of H-pyrrole nitrogens is 1. The molecule has 3 rings (SSSR count). The van der Waals surface area contributed by atoms with Gasteiger partial charge in [0.1, 0.15) is 12.0 Å². The minimum Gasteiger partial charge on any atom is -0.348 e. The summed E-state index contributed by atoms with van der Waals surface area (Å²) < 4.78 is 26.1. The van der Waals surface area contributed by atoms with Crippen LogP contribution in [0, 0.1) is 0 Å². The molecule has 0 radical (unpaired) electrons. The molecule has 9 heteroatoms. The number of rotatable bonds is 3. The van der Waals surface area contributed by atoms with E-state index in [-0.39, 0.29) is 43.3 Å². The summed E-state index contributed by atoms with van der Waals surface area (Å²) in [7, 11) is 0. The van der Waals surface area contributed by atoms with Gasteiger partial charge in [-0.2, -0.15) is 5.10 Å². The number of hydrogen-bond donors (Lipinski definition) is 2. The van der Waals surface area contributed by atoms with Gasteiger partial charge < -0.3 is 5.32 Å². The quantitative estimate of drug-likeness (QED) is 0.910. The lowest BCUT2D eigenvalue weighted by Gasteiger charge is -2.28. The number of nitrogens with zero attached hydrogens (tertiary/aromatic N) is 3. The van der Waals surface area contributed by atoms with Crippen molar-refractivity contribution in [3.63, 3.8) is 0 Å². The molecule has 6 nitrogen and oxygen atoms in total. The minimum atomic E-state index is -2.60. The van der Waals surface area contributed by atoms with Crippen molar-refractivity contribution in [1.29, 1.82) is 0 Å². The fourth-order valence-corrected chi connectivity index (χ4v) is 2.98. The number of halogens is 2. The zero-order valence-corrected chi connectivity index (χ0v) is 11.8. The molecule has 2 heterocycles. The van der Waals surface area contributed by atoms with Gasteiger partial charge >= 0.3 is 0 Å². The first-order valence-corrected chi connectivity index (χ1v) is 7.41. The number of carbonyl (C=O) groups is 1. The summed E-state index contributed by atoms with van der Waals surface area (Å²) >= 11 is 1.27. The predicted molar refractivity (Wildman–Crippen MR) is 72.2 cm³/mol. The van der Waals surface area contributed by atoms with E-state index in [1.54, 1.807) is 5.38 Å². The van der Waals surface area contributed by atoms with Gasteiger partial charge in [-0.1, -0.05) is 0 Å². The number of alkyl halides is 2. The molecule has 0 spiro atoms. The Bertz CT molecular complexity index is 617. The van der Waals surface area contributed by atoms with Crippen LogP contribution in [0.2, 0.25) is 0 Å². The van der Waals surface area contributed by atoms with Crippen molar-refractivity contribution in [2.75, 3.05) is 0 Å². The lowest BCUT2D eigenvalue weighted by Crippen LogP contribution is -2.40. The number of carbonyl (C=O) groups excluding carboxylic acids is 1. The van der Waals surface area contributed by atoms with Crippen molar-refractivity contribution in [3.05, 3.63) is 17.4 Å². The van der Waals surface area contributed by atoms with Gasteiger partial charge in [0.25, 0.3) is 5.91 Å². The SMILES string of the molecule is O=C(NC1CCC(F)(F)CC1)c1csc(-c2ncn[nH]2)n1. The van der Waals surface area contributed by atoms with Crippen LogP contribution in [-0.2, 0) is 0 Å². The van der Waals surface area contributed by atoms with Crippen molar-refractivity contribution in [2.45, 2.75) is 37.6 Å². The molecule has 2 N–H and O–H groups in total. The Morgan fingerprint density at radius 2 is 2.19 bits per heavy atom. The number of aromatic amines is 1. The lowest BCUT2D eigenvalue weighted by atomic mass is 9.92. The van der Waals surface area contributed by atoms with Crippen molar-refractivity contribution in [1.82, 2.24) is 25.5 Å². The second kappa shape index (κ2) is 5.47. The highest BCUT2D eigenvalue weighted by molar-refractivity contribution is 7.13. The van der Waals surface area contributed by atoms with Gasteiger partial charge in [-0.3, -0.25) is 9.89 Å². The Morgan fingerprint density at radius 3 is 2.86 bits per heavy atom. The largest absolute Gasteiger partial charge is 0.348 e. The first-order chi connectivity index (χ1) is 10.0. The molecule has 2 aromatic heterocycles. The maximum atomic E-state index is 13.1. The molecule has 1 saturated carbocycles. The standard InChI is InChI=1S/C12H13F2N5OS/c13-12(14)3-1-7(2-4-12)17-10(20)8-5-21-11(18-8)9-15-6-16-19-9/h5-7H,1-4H2,(H,17,20)(H,15,16,19). The predicted octanol–water partition coefficient (Wildman–Crippen LogP) is 2.24. The van der Waals surface area contributed by atoms with E-state index in [4.69, 9.17) is 0 Å². The van der Waals surface area contributed by atoms with E-state index < -0.39 is 5.92 Å². The summed E-state index contributed by atoms with van der Waals surface area (Å²) in [6.45, 7) is 0. The third-order valence-electron chi connectivity index (χ3n) is 3.41. The van der Waals surface area contributed by atoms with Gasteiger partial charge in [-0.25, -0.2) is 18.7 Å². The van der Waals surface area contributed by atoms with Crippen LogP contribution < -0.4 is 5.32 Å². The van der Waals surface area contributed by atoms with Gasteiger partial charge in [-0.15, -0.1) is 11.3 Å². The summed E-state index contributed by atoms with van der Waals surface area (Å²) in [6.07, 6.45) is 1.57. The Balaban J connectivity index is 1.61. The summed E-state index contributed by atoms with van der Waals surface area (Å²) in [5.41, 5.74) is 0.267. The summed E-state index contributed by atoms with van der Waals surface area (Å²) in [4.78, 5) is 20.2. The molecule has 21 heavy (non-hydrogen) atoms. The van der Waals surface area contributed by atoms with Gasteiger partial charge in [0, 0.05) is 24.3 Å². The van der Waals surface area contributed by atoms with Crippen LogP contribution in [0.25, 0.3) is 10.8 Å². The summed E-state index contributed by atoms with van der Waals surface area (Å²) in [5, 5.41) is 11.3. The molecule has 1 fully saturated rings. The van der Waals surface area contributed by atoms with Crippen LogP contribution in [0.3, 0.4) is 0 Å². The van der Waals surface area contributed by atoms with Crippen LogP contribution in [-0.4, -0.2) is 38.0 Å². The van der Waals surface area contributed by atoms with Crippen molar-refractivity contribution in [2.24, 2.45) is 0 Å². The Labute approximate surface area is 123 Å². The van der Waals surface area contributed by atoms with E-state index in [0.717, 1.165) is 0 Å². The van der Waals surface area contributed by atoms with E-state index in [1.807, 2.05) is 0 Å². The lowest BCUT2D eigenvalue weighted by molar-refractivity contribution is -0.0399. The molecular formula is C12H13F2N5OS. The van der Waals surface area contributed by atoms with Crippen molar-refractivity contribution in [3.8, 4) is 10.8 Å². The van der Waals surface area contributed by atoms with Crippen LogP contribution >= 0.6 is 11.3 Å². The smallest absolute Gasteiger partial charge is 0.270 e. The Kier molecular flexibility index (Phi) is 3.66. The minimum absolute atomic E-state index is 0.182. The second-order valence-electron chi connectivity index (χ2n) is 4.98. The van der Waals surface area contributed by atoms with Gasteiger partial charge in [0.15, 0.2) is 10.8 Å². The number of amides is 1. The van der Waals surface area contributed by atoms with Gasteiger partial charge in [0.05, 0.1) is 0 Å². The topological polar surface area (TPSA) is 83.6 Å². The number of nitrogens with one attached hydrogen (secondary N) is 2. The highest BCUT2D eigenvalue weighted by Gasteiger charge is 2.35. The first-order valence-electron chi connectivity index (χ1n) is 6.53. The van der Waals surface area contributed by atoms with Crippen LogP contribution in [0.15, 0.2) is 11.7 Å². The molecule has 0 aliphatic heterocycles. The summed E-state index contributed by atoms with van der Waals surface area (Å²) in [6, 6.07) is -0.215. The van der Waals surface area contributed by atoms with E-state index in [2.05, 4.69) is 25.5 Å². The molecule has 1 aliphatic rings. The monoisotopic (exact) mass is 313 g/mol. The average Bonchev–Trinajstić information content (AvgIpc) is 3.10. The summed E-state index contributed by atoms with van der Waals surface area (Å²) in [5.74, 6) is -2.44. The Hall–Kier alpha value is -1.90. The fourth-order valence-electron chi connectivity index (χ4n) is 2.24. The average molecular weight is 313 g/mol. The molecule has 2 aromatic rings. The molecule has 112 valence electrons. The molecular weight excluding hydrogens is 300 g/mol. The van der Waals surface area contributed by atoms with Crippen LogP contribution in [0.4, 0.5) is 8.78 Å². The number of thiazole rings is 1. The molecule has 1 aliphatic carbocycles.